The molecule has 0 aromatic heterocycles. The average molecular weight is 172 g/mol. The van der Waals surface area contributed by atoms with Crippen molar-refractivity contribution in [3.05, 3.63) is 0 Å². The van der Waals surface area contributed by atoms with Crippen molar-refractivity contribution in [2.75, 3.05) is 19.6 Å². The maximum atomic E-state index is 5.78. The lowest BCUT2D eigenvalue weighted by Crippen LogP contribution is -2.51. The number of likely N-dealkylation sites (N-methyl/N-ethyl adjacent to an activating group) is 1. The second-order valence-electron chi connectivity index (χ2n) is 3.63. The smallest absolute Gasteiger partial charge is 0.0300 e. The molecule has 0 rings (SSSR count). The minimum atomic E-state index is 0.213. The predicted molar refractivity (Wildman–Crippen MR) is 55.3 cm³/mol. The maximum Gasteiger partial charge on any atom is 0.0300 e. The summed E-state index contributed by atoms with van der Waals surface area (Å²) in [6, 6.07) is 0. The summed E-state index contributed by atoms with van der Waals surface area (Å²) in [5.74, 6) is 0. The molecule has 0 heterocycles. The lowest BCUT2D eigenvalue weighted by Gasteiger charge is -2.39. The van der Waals surface area contributed by atoms with Crippen molar-refractivity contribution >= 4 is 0 Å². The number of rotatable bonds is 6. The minimum Gasteiger partial charge on any atom is -0.329 e. The standard InChI is InChI=1S/C10H24N2/c1-5-8-12(7-3)10(4,6-2)9-11/h5-9,11H2,1-4H3. The zero-order valence-corrected chi connectivity index (χ0v) is 9.06. The van der Waals surface area contributed by atoms with Crippen LogP contribution in [0.4, 0.5) is 0 Å². The van der Waals surface area contributed by atoms with Crippen molar-refractivity contribution in [1.82, 2.24) is 4.90 Å². The molecular formula is C10H24N2. The zero-order valence-electron chi connectivity index (χ0n) is 9.06. The molecule has 0 bridgehead atoms. The first-order chi connectivity index (χ1) is 5.64. The monoisotopic (exact) mass is 172 g/mol. The molecule has 2 nitrogen and oxygen atoms in total. The van der Waals surface area contributed by atoms with Gasteiger partial charge in [0.1, 0.15) is 0 Å². The van der Waals surface area contributed by atoms with Crippen LogP contribution in [-0.2, 0) is 0 Å². The van der Waals surface area contributed by atoms with Gasteiger partial charge in [-0.2, -0.15) is 0 Å². The summed E-state index contributed by atoms with van der Waals surface area (Å²) in [6.45, 7) is 11.9. The SMILES string of the molecule is CCCN(CC)C(C)(CC)CN. The molecule has 0 saturated heterocycles. The first kappa shape index (κ1) is 11.9. The third-order valence-corrected chi connectivity index (χ3v) is 2.84. The van der Waals surface area contributed by atoms with E-state index in [1.807, 2.05) is 0 Å². The van der Waals surface area contributed by atoms with Crippen LogP contribution in [0.1, 0.15) is 40.5 Å². The van der Waals surface area contributed by atoms with Gasteiger partial charge in [-0.15, -0.1) is 0 Å². The summed E-state index contributed by atoms with van der Waals surface area (Å²) in [5.41, 5.74) is 6.00. The summed E-state index contributed by atoms with van der Waals surface area (Å²) in [4.78, 5) is 2.48. The Morgan fingerprint density at radius 3 is 2.08 bits per heavy atom. The average Bonchev–Trinajstić information content (AvgIpc) is 2.13. The molecule has 0 fully saturated rings. The van der Waals surface area contributed by atoms with E-state index in [1.165, 1.54) is 6.42 Å². The second kappa shape index (κ2) is 5.55. The van der Waals surface area contributed by atoms with Gasteiger partial charge < -0.3 is 5.73 Å². The topological polar surface area (TPSA) is 29.3 Å². The molecular weight excluding hydrogens is 148 g/mol. The first-order valence-corrected chi connectivity index (χ1v) is 5.09. The van der Waals surface area contributed by atoms with Crippen LogP contribution in [0.3, 0.4) is 0 Å². The third-order valence-electron chi connectivity index (χ3n) is 2.84. The molecule has 0 aliphatic carbocycles. The Balaban J connectivity index is 4.21. The fourth-order valence-electron chi connectivity index (χ4n) is 1.58. The molecule has 12 heavy (non-hydrogen) atoms. The lowest BCUT2D eigenvalue weighted by atomic mass is 9.96. The fraction of sp³-hybridized carbons (Fsp3) is 1.00. The van der Waals surface area contributed by atoms with Gasteiger partial charge >= 0.3 is 0 Å². The van der Waals surface area contributed by atoms with Crippen molar-refractivity contribution in [3.8, 4) is 0 Å². The molecule has 0 spiro atoms. The first-order valence-electron chi connectivity index (χ1n) is 5.09. The molecule has 0 amide bonds. The number of hydrogen-bond donors (Lipinski definition) is 1. The Labute approximate surface area is 77.1 Å². The fourth-order valence-corrected chi connectivity index (χ4v) is 1.58. The number of nitrogens with zero attached hydrogens (tertiary/aromatic N) is 1. The van der Waals surface area contributed by atoms with Crippen molar-refractivity contribution in [2.45, 2.75) is 46.1 Å². The molecule has 74 valence electrons. The van der Waals surface area contributed by atoms with Gasteiger partial charge in [0.25, 0.3) is 0 Å². The molecule has 2 heteroatoms. The van der Waals surface area contributed by atoms with E-state index < -0.39 is 0 Å². The highest BCUT2D eigenvalue weighted by atomic mass is 15.2. The van der Waals surface area contributed by atoms with E-state index in [4.69, 9.17) is 5.73 Å². The lowest BCUT2D eigenvalue weighted by molar-refractivity contribution is 0.113. The Hall–Kier alpha value is -0.0800. The number of nitrogens with two attached hydrogens (primary N) is 1. The predicted octanol–water partition coefficient (Wildman–Crippen LogP) is 1.85. The summed E-state index contributed by atoms with van der Waals surface area (Å²) in [5, 5.41) is 0. The van der Waals surface area contributed by atoms with Crippen LogP contribution in [0, 0.1) is 0 Å². The van der Waals surface area contributed by atoms with Gasteiger partial charge in [0.15, 0.2) is 0 Å². The normalized spacial score (nSPS) is 16.5. The van der Waals surface area contributed by atoms with E-state index in [0.717, 1.165) is 26.1 Å². The van der Waals surface area contributed by atoms with E-state index in [1.54, 1.807) is 0 Å². The Bertz CT molecular complexity index is 108. The second-order valence-corrected chi connectivity index (χ2v) is 3.63. The summed E-state index contributed by atoms with van der Waals surface area (Å²) in [6.07, 6.45) is 2.35. The van der Waals surface area contributed by atoms with Gasteiger partial charge in [0, 0.05) is 12.1 Å². The number of hydrogen-bond acceptors (Lipinski definition) is 2. The van der Waals surface area contributed by atoms with Crippen molar-refractivity contribution in [1.29, 1.82) is 0 Å². The summed E-state index contributed by atoms with van der Waals surface area (Å²) < 4.78 is 0. The summed E-state index contributed by atoms with van der Waals surface area (Å²) >= 11 is 0. The largest absolute Gasteiger partial charge is 0.329 e. The molecule has 0 aliphatic heterocycles. The molecule has 0 aliphatic rings. The van der Waals surface area contributed by atoms with Crippen LogP contribution < -0.4 is 5.73 Å². The van der Waals surface area contributed by atoms with Crippen LogP contribution >= 0.6 is 0 Å². The third kappa shape index (κ3) is 2.76. The van der Waals surface area contributed by atoms with Gasteiger partial charge in [-0.1, -0.05) is 20.8 Å². The molecule has 0 saturated carbocycles. The van der Waals surface area contributed by atoms with Gasteiger partial charge in [-0.3, -0.25) is 4.90 Å². The molecule has 0 radical (unpaired) electrons. The van der Waals surface area contributed by atoms with Crippen LogP contribution in [-0.4, -0.2) is 30.1 Å². The highest BCUT2D eigenvalue weighted by molar-refractivity contribution is 4.85. The van der Waals surface area contributed by atoms with Gasteiger partial charge in [0.2, 0.25) is 0 Å². The van der Waals surface area contributed by atoms with Crippen LogP contribution in [0.15, 0.2) is 0 Å². The molecule has 0 aromatic carbocycles. The zero-order chi connectivity index (χ0) is 9.61. The van der Waals surface area contributed by atoms with Crippen molar-refractivity contribution in [3.63, 3.8) is 0 Å². The van der Waals surface area contributed by atoms with Gasteiger partial charge in [-0.25, -0.2) is 0 Å². The van der Waals surface area contributed by atoms with Crippen LogP contribution in [0.2, 0.25) is 0 Å². The van der Waals surface area contributed by atoms with Crippen molar-refractivity contribution in [2.24, 2.45) is 5.73 Å². The maximum absolute atomic E-state index is 5.78. The van der Waals surface area contributed by atoms with E-state index in [9.17, 15) is 0 Å². The Morgan fingerprint density at radius 2 is 1.83 bits per heavy atom. The highest BCUT2D eigenvalue weighted by Gasteiger charge is 2.26. The molecule has 2 N–H and O–H groups in total. The van der Waals surface area contributed by atoms with Gasteiger partial charge in [0.05, 0.1) is 0 Å². The molecule has 1 unspecified atom stereocenters. The Kier molecular flexibility index (Phi) is 5.51. The summed E-state index contributed by atoms with van der Waals surface area (Å²) in [7, 11) is 0. The van der Waals surface area contributed by atoms with E-state index in [0.29, 0.717) is 0 Å². The van der Waals surface area contributed by atoms with Gasteiger partial charge in [-0.05, 0) is 32.9 Å². The van der Waals surface area contributed by atoms with E-state index >= 15 is 0 Å². The molecule has 0 aromatic rings. The molecule has 1 atom stereocenters. The quantitative estimate of drug-likeness (QED) is 0.662. The minimum absolute atomic E-state index is 0.213. The van der Waals surface area contributed by atoms with E-state index in [2.05, 4.69) is 32.6 Å². The van der Waals surface area contributed by atoms with Crippen LogP contribution in [0.25, 0.3) is 0 Å². The highest BCUT2D eigenvalue weighted by Crippen LogP contribution is 2.17. The van der Waals surface area contributed by atoms with Crippen LogP contribution in [0.5, 0.6) is 0 Å². The van der Waals surface area contributed by atoms with E-state index in [-0.39, 0.29) is 5.54 Å². The Morgan fingerprint density at radius 1 is 1.25 bits per heavy atom. The van der Waals surface area contributed by atoms with Crippen molar-refractivity contribution < 1.29 is 0 Å².